The van der Waals surface area contributed by atoms with Crippen molar-refractivity contribution < 1.29 is 18.0 Å². The molecule has 1 fully saturated rings. The molecular weight excluding hydrogens is 471 g/mol. The molecule has 0 radical (unpaired) electrons. The first-order valence-electron chi connectivity index (χ1n) is 11.0. The van der Waals surface area contributed by atoms with Crippen LogP contribution in [0.25, 0.3) is 15.9 Å². The van der Waals surface area contributed by atoms with E-state index in [0.717, 1.165) is 71.4 Å². The number of aromatic nitrogens is 2. The molecule has 1 aromatic carbocycles. The average Bonchev–Trinajstić information content (AvgIpc) is 3.04. The fourth-order valence-electron chi connectivity index (χ4n) is 4.54. The molecule has 1 aliphatic heterocycles. The monoisotopic (exact) mass is 493 g/mol. The number of nitrogens with zero attached hydrogens (tertiary/aromatic N) is 2. The van der Waals surface area contributed by atoms with Gasteiger partial charge in [0.15, 0.2) is 5.16 Å². The standard InChI is InChI=1S/C23H22F3N3O2S2/c24-23(25,26)14-8-2-3-9-15(14)29-21(31)18-13-7-1-4-10-16(13)32-20(18)28-22(29)33-17-11-5-6-12-27-19(17)30/h2-3,8-9,17H,1,4-7,10-12H2,(H,27,30). The maximum absolute atomic E-state index is 13.9. The van der Waals surface area contributed by atoms with Crippen LogP contribution in [0.1, 0.15) is 48.1 Å². The van der Waals surface area contributed by atoms with E-state index < -0.39 is 22.5 Å². The number of alkyl halides is 3. The predicted molar refractivity (Wildman–Crippen MR) is 123 cm³/mol. The van der Waals surface area contributed by atoms with Crippen LogP contribution in [0.5, 0.6) is 0 Å². The Morgan fingerprint density at radius 1 is 1.09 bits per heavy atom. The van der Waals surface area contributed by atoms with Gasteiger partial charge in [0.25, 0.3) is 5.56 Å². The first-order chi connectivity index (χ1) is 15.8. The fraction of sp³-hybridized carbons (Fsp3) is 0.435. The van der Waals surface area contributed by atoms with Crippen molar-refractivity contribution in [3.05, 3.63) is 50.6 Å². The van der Waals surface area contributed by atoms with Crippen molar-refractivity contribution in [2.24, 2.45) is 0 Å². The number of aryl methyl sites for hydroxylation is 2. The van der Waals surface area contributed by atoms with Gasteiger partial charge in [0.05, 0.1) is 21.9 Å². The Morgan fingerprint density at radius 3 is 2.70 bits per heavy atom. The molecule has 2 aliphatic rings. The van der Waals surface area contributed by atoms with Crippen LogP contribution in [0, 0.1) is 0 Å². The molecule has 0 spiro atoms. The summed E-state index contributed by atoms with van der Waals surface area (Å²) in [5, 5.41) is 2.88. The van der Waals surface area contributed by atoms with Crippen LogP contribution in [0.15, 0.2) is 34.2 Å². The van der Waals surface area contributed by atoms with Gasteiger partial charge in [-0.15, -0.1) is 11.3 Å². The third-order valence-corrected chi connectivity index (χ3v) is 8.55. The van der Waals surface area contributed by atoms with E-state index in [1.54, 1.807) is 0 Å². The molecule has 1 atom stereocenters. The molecule has 10 heteroatoms. The zero-order chi connectivity index (χ0) is 23.2. The second-order valence-electron chi connectivity index (χ2n) is 8.33. The third kappa shape index (κ3) is 4.19. The number of thioether (sulfide) groups is 1. The van der Waals surface area contributed by atoms with E-state index in [1.165, 1.54) is 29.5 Å². The Bertz CT molecular complexity index is 1280. The van der Waals surface area contributed by atoms with E-state index in [1.807, 2.05) is 0 Å². The predicted octanol–water partition coefficient (Wildman–Crippen LogP) is 5.11. The number of halogens is 3. The largest absolute Gasteiger partial charge is 0.418 e. The van der Waals surface area contributed by atoms with Crippen molar-refractivity contribution in [1.82, 2.24) is 14.9 Å². The van der Waals surface area contributed by atoms with Crippen molar-refractivity contribution in [3.8, 4) is 5.69 Å². The number of amides is 1. The second-order valence-corrected chi connectivity index (χ2v) is 10.6. The first-order valence-corrected chi connectivity index (χ1v) is 12.7. The summed E-state index contributed by atoms with van der Waals surface area (Å²) in [5.41, 5.74) is -0.727. The second kappa shape index (κ2) is 8.79. The Hall–Kier alpha value is -2.33. The molecule has 0 saturated carbocycles. The minimum Gasteiger partial charge on any atom is -0.355 e. The molecule has 1 saturated heterocycles. The Kier molecular flexibility index (Phi) is 5.98. The average molecular weight is 494 g/mol. The number of nitrogens with one attached hydrogen (secondary N) is 1. The van der Waals surface area contributed by atoms with Gasteiger partial charge in [-0.25, -0.2) is 4.98 Å². The number of carbonyl (C=O) groups is 1. The number of fused-ring (bicyclic) bond motifs is 3. The molecule has 1 amide bonds. The van der Waals surface area contributed by atoms with E-state index in [9.17, 15) is 22.8 Å². The first kappa shape index (κ1) is 22.5. The lowest BCUT2D eigenvalue weighted by Crippen LogP contribution is -2.32. The number of para-hydroxylation sites is 1. The SMILES string of the molecule is O=C1NCCCCC1Sc1nc2sc3c(c2c(=O)n1-c1ccccc1C(F)(F)F)CCCC3. The number of rotatable bonds is 3. The Morgan fingerprint density at radius 2 is 1.88 bits per heavy atom. The molecule has 174 valence electrons. The molecule has 0 bridgehead atoms. The highest BCUT2D eigenvalue weighted by atomic mass is 32.2. The van der Waals surface area contributed by atoms with E-state index in [-0.39, 0.29) is 16.8 Å². The summed E-state index contributed by atoms with van der Waals surface area (Å²) in [5.74, 6) is -0.173. The van der Waals surface area contributed by atoms with E-state index in [4.69, 9.17) is 4.98 Å². The van der Waals surface area contributed by atoms with Crippen LogP contribution in [0.4, 0.5) is 13.2 Å². The highest BCUT2D eigenvalue weighted by molar-refractivity contribution is 8.00. The highest BCUT2D eigenvalue weighted by Crippen LogP contribution is 2.39. The third-order valence-electron chi connectivity index (χ3n) is 6.14. The van der Waals surface area contributed by atoms with E-state index in [2.05, 4.69) is 5.32 Å². The number of hydrogen-bond donors (Lipinski definition) is 1. The van der Waals surface area contributed by atoms with Crippen LogP contribution in [0.3, 0.4) is 0 Å². The molecule has 33 heavy (non-hydrogen) atoms. The van der Waals surface area contributed by atoms with E-state index in [0.29, 0.717) is 23.2 Å². The Balaban J connectivity index is 1.75. The highest BCUT2D eigenvalue weighted by Gasteiger charge is 2.36. The summed E-state index contributed by atoms with van der Waals surface area (Å²) >= 11 is 2.53. The lowest BCUT2D eigenvalue weighted by molar-refractivity contribution is -0.137. The van der Waals surface area contributed by atoms with Crippen LogP contribution in [-0.2, 0) is 23.8 Å². The van der Waals surface area contributed by atoms with Crippen molar-refractivity contribution in [2.75, 3.05) is 6.54 Å². The maximum Gasteiger partial charge on any atom is 0.418 e. The summed E-state index contributed by atoms with van der Waals surface area (Å²) in [7, 11) is 0. The van der Waals surface area contributed by atoms with Gasteiger partial charge < -0.3 is 5.32 Å². The van der Waals surface area contributed by atoms with Gasteiger partial charge in [-0.3, -0.25) is 14.2 Å². The van der Waals surface area contributed by atoms with Crippen LogP contribution < -0.4 is 10.9 Å². The van der Waals surface area contributed by atoms with Crippen molar-refractivity contribution in [3.63, 3.8) is 0 Å². The molecule has 3 aromatic rings. The number of hydrogen-bond acceptors (Lipinski definition) is 5. The van der Waals surface area contributed by atoms with Crippen LogP contribution in [0.2, 0.25) is 0 Å². The topological polar surface area (TPSA) is 64.0 Å². The van der Waals surface area contributed by atoms with Gasteiger partial charge in [-0.1, -0.05) is 30.3 Å². The zero-order valence-electron chi connectivity index (χ0n) is 17.7. The Labute approximate surface area is 196 Å². The lowest BCUT2D eigenvalue weighted by atomic mass is 9.97. The quantitative estimate of drug-likeness (QED) is 0.516. The zero-order valence-corrected chi connectivity index (χ0v) is 19.3. The summed E-state index contributed by atoms with van der Waals surface area (Å²) in [6.45, 7) is 0.573. The molecule has 1 aliphatic carbocycles. The van der Waals surface area contributed by atoms with Crippen molar-refractivity contribution in [2.45, 2.75) is 61.5 Å². The number of carbonyl (C=O) groups excluding carboxylic acids is 1. The van der Waals surface area contributed by atoms with Gasteiger partial charge in [0.1, 0.15) is 4.83 Å². The minimum absolute atomic E-state index is 0.129. The normalized spacial score (nSPS) is 19.2. The smallest absolute Gasteiger partial charge is 0.355 e. The molecule has 1 unspecified atom stereocenters. The van der Waals surface area contributed by atoms with Gasteiger partial charge in [0.2, 0.25) is 5.91 Å². The molecule has 3 heterocycles. The summed E-state index contributed by atoms with van der Waals surface area (Å²) < 4.78 is 42.8. The van der Waals surface area contributed by atoms with Crippen molar-refractivity contribution >= 4 is 39.2 Å². The van der Waals surface area contributed by atoms with E-state index >= 15 is 0 Å². The van der Waals surface area contributed by atoms with Gasteiger partial charge in [0, 0.05) is 11.4 Å². The maximum atomic E-state index is 13.9. The molecule has 2 aromatic heterocycles. The van der Waals surface area contributed by atoms with Crippen molar-refractivity contribution in [1.29, 1.82) is 0 Å². The summed E-state index contributed by atoms with van der Waals surface area (Å²) in [6, 6.07) is 5.06. The van der Waals surface area contributed by atoms with Gasteiger partial charge >= 0.3 is 6.18 Å². The fourth-order valence-corrected chi connectivity index (χ4v) is 7.01. The summed E-state index contributed by atoms with van der Waals surface area (Å²) in [6.07, 6.45) is 1.14. The number of thiophene rings is 1. The number of benzene rings is 1. The minimum atomic E-state index is -4.64. The van der Waals surface area contributed by atoms with Gasteiger partial charge in [-0.2, -0.15) is 13.2 Å². The molecule has 1 N–H and O–H groups in total. The molecular formula is C23H22F3N3O2S2. The van der Waals surface area contributed by atoms with Crippen LogP contribution in [-0.4, -0.2) is 27.3 Å². The lowest BCUT2D eigenvalue weighted by Gasteiger charge is -2.19. The molecule has 5 rings (SSSR count). The van der Waals surface area contributed by atoms with Gasteiger partial charge in [-0.05, 0) is 56.2 Å². The summed E-state index contributed by atoms with van der Waals surface area (Å²) in [4.78, 5) is 32.7. The van der Waals surface area contributed by atoms with Crippen LogP contribution >= 0.6 is 23.1 Å². The molecule has 5 nitrogen and oxygen atoms in total.